The summed E-state index contributed by atoms with van der Waals surface area (Å²) in [5.41, 5.74) is 1.45. The monoisotopic (exact) mass is 398 g/mol. The lowest BCUT2D eigenvalue weighted by atomic mass is 10.0. The number of nitrogens with zero attached hydrogens (tertiary/aromatic N) is 6. The highest BCUT2D eigenvalue weighted by Crippen LogP contribution is 2.25. The van der Waals surface area contributed by atoms with Crippen LogP contribution in [0.1, 0.15) is 60.4 Å². The summed E-state index contributed by atoms with van der Waals surface area (Å²) in [6.45, 7) is 6.81. The summed E-state index contributed by atoms with van der Waals surface area (Å²) in [4.78, 5) is 18.7. The molecule has 0 aliphatic carbocycles. The highest BCUT2D eigenvalue weighted by atomic mass is 19.1. The van der Waals surface area contributed by atoms with Crippen molar-refractivity contribution in [1.82, 2.24) is 30.0 Å². The van der Waals surface area contributed by atoms with Crippen LogP contribution in [-0.2, 0) is 0 Å². The topological polar surface area (TPSA) is 89.9 Å². The maximum absolute atomic E-state index is 13.8. The second kappa shape index (κ2) is 7.73. The summed E-state index contributed by atoms with van der Waals surface area (Å²) in [6.07, 6.45) is 3.28. The number of carbonyl (C=O) groups excluding carboxylic acids is 1. The highest BCUT2D eigenvalue weighted by Gasteiger charge is 2.26. The van der Waals surface area contributed by atoms with E-state index < -0.39 is 0 Å². The summed E-state index contributed by atoms with van der Waals surface area (Å²) < 4.78 is 20.8. The van der Waals surface area contributed by atoms with Gasteiger partial charge in [0.25, 0.3) is 11.8 Å². The SMILES string of the molecule is Cc1ccc(C(=O)N2CCC(n3cc(-c4nc(C(C)C)no4)nn3)CC2)cc1F. The van der Waals surface area contributed by atoms with Crippen LogP contribution in [0.3, 0.4) is 0 Å². The lowest BCUT2D eigenvalue weighted by Crippen LogP contribution is -2.39. The fraction of sp³-hybridized carbons (Fsp3) is 0.450. The Morgan fingerprint density at radius 2 is 2.03 bits per heavy atom. The Balaban J connectivity index is 1.40. The van der Waals surface area contributed by atoms with E-state index in [0.29, 0.717) is 41.6 Å². The fourth-order valence-corrected chi connectivity index (χ4v) is 3.37. The molecule has 9 heteroatoms. The van der Waals surface area contributed by atoms with E-state index in [4.69, 9.17) is 4.52 Å². The van der Waals surface area contributed by atoms with Crippen LogP contribution in [-0.4, -0.2) is 49.0 Å². The summed E-state index contributed by atoms with van der Waals surface area (Å²) in [7, 11) is 0. The Morgan fingerprint density at radius 3 is 2.69 bits per heavy atom. The summed E-state index contributed by atoms with van der Waals surface area (Å²) in [5.74, 6) is 0.658. The van der Waals surface area contributed by atoms with Gasteiger partial charge in [0.15, 0.2) is 11.5 Å². The molecule has 1 amide bonds. The molecule has 8 nitrogen and oxygen atoms in total. The molecule has 29 heavy (non-hydrogen) atoms. The molecule has 0 saturated carbocycles. The number of piperidine rings is 1. The molecule has 0 atom stereocenters. The van der Waals surface area contributed by atoms with Gasteiger partial charge in [-0.25, -0.2) is 9.07 Å². The van der Waals surface area contributed by atoms with E-state index in [-0.39, 0.29) is 23.7 Å². The minimum atomic E-state index is -0.359. The lowest BCUT2D eigenvalue weighted by Gasteiger charge is -2.31. The fourth-order valence-electron chi connectivity index (χ4n) is 3.37. The Bertz CT molecular complexity index is 1020. The Hall–Kier alpha value is -3.10. The Labute approximate surface area is 167 Å². The quantitative estimate of drug-likeness (QED) is 0.669. The van der Waals surface area contributed by atoms with Crippen LogP contribution in [0, 0.1) is 12.7 Å². The Morgan fingerprint density at radius 1 is 1.28 bits per heavy atom. The number of aryl methyl sites for hydroxylation is 1. The van der Waals surface area contributed by atoms with Gasteiger partial charge in [-0.1, -0.05) is 30.3 Å². The first kappa shape index (κ1) is 19.2. The van der Waals surface area contributed by atoms with Gasteiger partial charge < -0.3 is 9.42 Å². The number of amides is 1. The van der Waals surface area contributed by atoms with E-state index in [1.54, 1.807) is 34.8 Å². The number of rotatable bonds is 4. The molecule has 4 rings (SSSR count). The predicted molar refractivity (Wildman–Crippen MR) is 103 cm³/mol. The van der Waals surface area contributed by atoms with Crippen molar-refractivity contribution < 1.29 is 13.7 Å². The zero-order valence-corrected chi connectivity index (χ0v) is 16.7. The number of benzene rings is 1. The molecule has 1 aliphatic rings. The molecule has 0 bridgehead atoms. The van der Waals surface area contributed by atoms with Gasteiger partial charge in [-0.15, -0.1) is 5.10 Å². The van der Waals surface area contributed by atoms with Crippen molar-refractivity contribution in [1.29, 1.82) is 0 Å². The maximum atomic E-state index is 13.8. The molecular weight excluding hydrogens is 375 g/mol. The van der Waals surface area contributed by atoms with Crippen LogP contribution in [0.4, 0.5) is 4.39 Å². The maximum Gasteiger partial charge on any atom is 0.280 e. The first-order chi connectivity index (χ1) is 13.9. The van der Waals surface area contributed by atoms with Crippen molar-refractivity contribution in [3.05, 3.63) is 47.2 Å². The second-order valence-corrected chi connectivity index (χ2v) is 7.68. The molecule has 1 fully saturated rings. The zero-order valence-electron chi connectivity index (χ0n) is 16.7. The largest absolute Gasteiger partial charge is 0.338 e. The van der Waals surface area contributed by atoms with Crippen LogP contribution >= 0.6 is 0 Å². The van der Waals surface area contributed by atoms with E-state index >= 15 is 0 Å². The Kier molecular flexibility index (Phi) is 5.12. The molecule has 3 heterocycles. The van der Waals surface area contributed by atoms with Crippen LogP contribution in [0.15, 0.2) is 28.9 Å². The number of hydrogen-bond donors (Lipinski definition) is 0. The molecular formula is C20H23FN6O2. The molecule has 1 aliphatic heterocycles. The number of aromatic nitrogens is 5. The second-order valence-electron chi connectivity index (χ2n) is 7.68. The van der Waals surface area contributed by atoms with Crippen LogP contribution < -0.4 is 0 Å². The molecule has 3 aromatic rings. The lowest BCUT2D eigenvalue weighted by molar-refractivity contribution is 0.0688. The van der Waals surface area contributed by atoms with E-state index in [2.05, 4.69) is 20.5 Å². The number of hydrogen-bond acceptors (Lipinski definition) is 6. The minimum absolute atomic E-state index is 0.127. The number of carbonyl (C=O) groups is 1. The van der Waals surface area contributed by atoms with Gasteiger partial charge in [0.1, 0.15) is 5.82 Å². The zero-order chi connectivity index (χ0) is 20.5. The molecule has 0 radical (unpaired) electrons. The van der Waals surface area contributed by atoms with Crippen molar-refractivity contribution in [2.75, 3.05) is 13.1 Å². The predicted octanol–water partition coefficient (Wildman–Crippen LogP) is 3.38. The molecule has 0 unspecified atom stereocenters. The highest BCUT2D eigenvalue weighted by molar-refractivity contribution is 5.94. The minimum Gasteiger partial charge on any atom is -0.338 e. The first-order valence-electron chi connectivity index (χ1n) is 9.73. The molecule has 1 saturated heterocycles. The average Bonchev–Trinajstić information content (AvgIpc) is 3.39. The summed E-state index contributed by atoms with van der Waals surface area (Å²) in [6, 6.07) is 4.74. The number of likely N-dealkylation sites (tertiary alicyclic amines) is 1. The van der Waals surface area contributed by atoms with Crippen molar-refractivity contribution >= 4 is 5.91 Å². The molecule has 0 spiro atoms. The van der Waals surface area contributed by atoms with E-state index in [1.807, 2.05) is 13.8 Å². The van der Waals surface area contributed by atoms with Gasteiger partial charge in [0.05, 0.1) is 12.2 Å². The van der Waals surface area contributed by atoms with Crippen LogP contribution in [0.25, 0.3) is 11.6 Å². The van der Waals surface area contributed by atoms with Gasteiger partial charge in [0.2, 0.25) is 0 Å². The van der Waals surface area contributed by atoms with Gasteiger partial charge in [-0.05, 0) is 37.5 Å². The van der Waals surface area contributed by atoms with Crippen LogP contribution in [0.5, 0.6) is 0 Å². The molecule has 2 aromatic heterocycles. The van der Waals surface area contributed by atoms with Crippen LogP contribution in [0.2, 0.25) is 0 Å². The van der Waals surface area contributed by atoms with Gasteiger partial charge in [-0.2, -0.15) is 4.98 Å². The van der Waals surface area contributed by atoms with Gasteiger partial charge in [0, 0.05) is 24.6 Å². The van der Waals surface area contributed by atoms with Crippen molar-refractivity contribution in [2.45, 2.75) is 45.6 Å². The van der Waals surface area contributed by atoms with Gasteiger partial charge >= 0.3 is 0 Å². The third-order valence-corrected chi connectivity index (χ3v) is 5.23. The smallest absolute Gasteiger partial charge is 0.280 e. The number of halogens is 1. The molecule has 1 aromatic carbocycles. The summed E-state index contributed by atoms with van der Waals surface area (Å²) >= 11 is 0. The first-order valence-corrected chi connectivity index (χ1v) is 9.73. The third-order valence-electron chi connectivity index (χ3n) is 5.23. The van der Waals surface area contributed by atoms with E-state index in [1.165, 1.54) is 6.07 Å². The van der Waals surface area contributed by atoms with Crippen molar-refractivity contribution in [2.24, 2.45) is 0 Å². The normalized spacial score (nSPS) is 15.3. The summed E-state index contributed by atoms with van der Waals surface area (Å²) in [5, 5.41) is 12.3. The van der Waals surface area contributed by atoms with Gasteiger partial charge in [-0.3, -0.25) is 4.79 Å². The standard InChI is InChI=1S/C20H23FN6O2/c1-12(2)18-22-19(29-24-18)17-11-27(25-23-17)15-6-8-26(9-7-15)20(28)14-5-4-13(3)16(21)10-14/h4-5,10-12,15H,6-9H2,1-3H3. The van der Waals surface area contributed by atoms with E-state index in [9.17, 15) is 9.18 Å². The van der Waals surface area contributed by atoms with Crippen molar-refractivity contribution in [3.8, 4) is 11.6 Å². The molecule has 0 N–H and O–H groups in total. The van der Waals surface area contributed by atoms with E-state index in [0.717, 1.165) is 12.8 Å². The molecule has 152 valence electrons. The third kappa shape index (κ3) is 3.90. The van der Waals surface area contributed by atoms with Crippen molar-refractivity contribution in [3.63, 3.8) is 0 Å². The average molecular weight is 398 g/mol.